The summed E-state index contributed by atoms with van der Waals surface area (Å²) < 4.78 is 12.2. The molecule has 0 aromatic heterocycles. The van der Waals surface area contributed by atoms with Gasteiger partial charge in [0.05, 0.1) is 16.9 Å². The molecule has 0 N–H and O–H groups in total. The van der Waals surface area contributed by atoms with Crippen molar-refractivity contribution >= 4 is 37.2 Å². The highest BCUT2D eigenvalue weighted by Crippen LogP contribution is 2.51. The van der Waals surface area contributed by atoms with Crippen LogP contribution in [0.25, 0.3) is 16.7 Å². The van der Waals surface area contributed by atoms with Crippen LogP contribution in [0, 0.1) is 22.0 Å². The fraction of sp³-hybridized carbons (Fsp3) is 0.378. The van der Waals surface area contributed by atoms with Gasteiger partial charge in [0.25, 0.3) is 5.69 Å². The average Bonchev–Trinajstić information content (AvgIpc) is 3.36. The van der Waals surface area contributed by atoms with E-state index in [0.29, 0.717) is 24.2 Å². The van der Waals surface area contributed by atoms with E-state index in [1.807, 2.05) is 36.4 Å². The number of ether oxygens (including phenoxy) is 1. The highest BCUT2D eigenvalue weighted by Gasteiger charge is 2.58. The normalized spacial score (nSPS) is 19.0. The van der Waals surface area contributed by atoms with Crippen LogP contribution in [0.3, 0.4) is 0 Å². The van der Waals surface area contributed by atoms with Gasteiger partial charge in [-0.15, -0.1) is 0 Å². The second-order valence-electron chi connectivity index (χ2n) is 12.4. The number of hydrogen-bond donors (Lipinski definition) is 0. The Hall–Kier alpha value is -4.41. The van der Waals surface area contributed by atoms with E-state index in [-0.39, 0.29) is 47.6 Å². The number of esters is 1. The van der Waals surface area contributed by atoms with Gasteiger partial charge in [-0.05, 0) is 71.4 Å². The number of carbonyl (C=O) groups is 3. The smallest absolute Gasteiger partial charge is 0.355 e. The van der Waals surface area contributed by atoms with Crippen molar-refractivity contribution in [3.63, 3.8) is 0 Å². The third-order valence-electron chi connectivity index (χ3n) is 10.0. The van der Waals surface area contributed by atoms with Crippen LogP contribution in [0.5, 0.6) is 0 Å². The molecule has 3 aromatic carbocycles. The topological polar surface area (TPSA) is 116 Å². The first-order valence-electron chi connectivity index (χ1n) is 16.4. The van der Waals surface area contributed by atoms with Gasteiger partial charge < -0.3 is 14.1 Å². The molecule has 3 aromatic rings. The Morgan fingerprint density at radius 3 is 1.96 bits per heavy atom. The number of nitro benzene ring substituents is 1. The Bertz CT molecular complexity index is 1670. The van der Waals surface area contributed by atoms with Crippen LogP contribution in [0.2, 0.25) is 18.1 Å². The zero-order valence-corrected chi connectivity index (χ0v) is 28.7. The van der Waals surface area contributed by atoms with E-state index < -0.39 is 19.2 Å². The second-order valence-corrected chi connectivity index (χ2v) is 17.2. The Balaban J connectivity index is 1.41. The van der Waals surface area contributed by atoms with E-state index in [1.165, 1.54) is 19.1 Å². The number of β-lactam (4-membered cyclic amide) rings is 1. The summed E-state index contributed by atoms with van der Waals surface area (Å²) in [6.45, 7) is 10.6. The summed E-state index contributed by atoms with van der Waals surface area (Å²) in [4.78, 5) is 51.3. The highest BCUT2D eigenvalue weighted by molar-refractivity contribution is 6.73. The molecule has 0 saturated carbocycles. The van der Waals surface area contributed by atoms with Gasteiger partial charge in [-0.3, -0.25) is 19.7 Å². The molecule has 0 spiro atoms. The molecule has 246 valence electrons. The number of nitrogens with zero attached hydrogens (tertiary/aromatic N) is 2. The first kappa shape index (κ1) is 33.9. The molecule has 47 heavy (non-hydrogen) atoms. The Kier molecular flexibility index (Phi) is 10.2. The monoisotopic (exact) mass is 654 g/mol. The van der Waals surface area contributed by atoms with Gasteiger partial charge in [0.1, 0.15) is 12.3 Å². The quantitative estimate of drug-likeness (QED) is 0.0435. The maximum absolute atomic E-state index is 13.8. The molecule has 3 atom stereocenters. The third kappa shape index (κ3) is 6.71. The Labute approximate surface area is 276 Å². The Morgan fingerprint density at radius 1 is 0.872 bits per heavy atom. The van der Waals surface area contributed by atoms with Gasteiger partial charge in [-0.1, -0.05) is 76.2 Å². The van der Waals surface area contributed by atoms with Crippen molar-refractivity contribution in [1.82, 2.24) is 4.90 Å². The van der Waals surface area contributed by atoms with Gasteiger partial charge >= 0.3 is 5.97 Å². The average molecular weight is 655 g/mol. The van der Waals surface area contributed by atoms with Crippen molar-refractivity contribution in [3.05, 3.63) is 105 Å². The summed E-state index contributed by atoms with van der Waals surface area (Å²) in [5.74, 6) is -1.06. The van der Waals surface area contributed by atoms with E-state index in [4.69, 9.17) is 9.16 Å². The SMILES string of the molecule is CC[Si](CC)(CC)OCC[C@@H]1C(=O)N2C(C(=O)OCc3ccc([N+](=O)[O-])cc3)=C(c3ccc(-c4ccc(C(C)=O)cc4)cc3)[C@H](C)[C@H]12. The summed E-state index contributed by atoms with van der Waals surface area (Å²) in [6.07, 6.45) is 0.604. The molecule has 0 unspecified atom stereocenters. The van der Waals surface area contributed by atoms with E-state index in [9.17, 15) is 24.5 Å². The predicted molar refractivity (Wildman–Crippen MR) is 183 cm³/mol. The maximum atomic E-state index is 13.8. The molecule has 5 rings (SSSR count). The van der Waals surface area contributed by atoms with Crippen molar-refractivity contribution in [2.24, 2.45) is 11.8 Å². The predicted octanol–water partition coefficient (Wildman–Crippen LogP) is 7.81. The number of hydrogen-bond acceptors (Lipinski definition) is 7. The molecule has 0 bridgehead atoms. The van der Waals surface area contributed by atoms with E-state index in [2.05, 4.69) is 27.7 Å². The summed E-state index contributed by atoms with van der Waals surface area (Å²) in [6, 6.07) is 24.1. The second kappa shape index (κ2) is 14.1. The number of nitro groups is 1. The first-order chi connectivity index (χ1) is 22.5. The van der Waals surface area contributed by atoms with Crippen LogP contribution in [-0.4, -0.2) is 48.4 Å². The van der Waals surface area contributed by atoms with Crippen molar-refractivity contribution < 1.29 is 28.5 Å². The number of ketones is 1. The highest BCUT2D eigenvalue weighted by atomic mass is 28.4. The number of rotatable bonds is 14. The summed E-state index contributed by atoms with van der Waals surface area (Å²) in [5.41, 5.74) is 4.97. The van der Waals surface area contributed by atoms with Crippen LogP contribution in [0.15, 0.2) is 78.5 Å². The molecule has 9 nitrogen and oxygen atoms in total. The van der Waals surface area contributed by atoms with Crippen LogP contribution in [-0.2, 0) is 25.4 Å². The van der Waals surface area contributed by atoms with Crippen molar-refractivity contribution in [3.8, 4) is 11.1 Å². The van der Waals surface area contributed by atoms with E-state index in [0.717, 1.165) is 40.4 Å². The molecule has 0 radical (unpaired) electrons. The standard InChI is InChI=1S/C37H42N2O7Si/c1-6-47(7-2,8-3)46-22-21-32-34-24(4)33(30-17-15-29(16-18-30)28-13-11-27(12-14-28)25(5)40)35(38(34)36(32)41)37(42)45-23-26-9-19-31(20-10-26)39(43)44/h9-20,24,32,34H,6-8,21-23H2,1-5H3/t24-,32-,34+/m0/s1. The minimum atomic E-state index is -1.80. The van der Waals surface area contributed by atoms with Crippen LogP contribution in [0.4, 0.5) is 5.69 Å². The lowest BCUT2D eigenvalue weighted by Crippen LogP contribution is -2.60. The van der Waals surface area contributed by atoms with Crippen LogP contribution < -0.4 is 0 Å². The maximum Gasteiger partial charge on any atom is 0.355 e. The molecular weight excluding hydrogens is 613 g/mol. The minimum absolute atomic E-state index is 0.00795. The molecule has 1 amide bonds. The number of carbonyl (C=O) groups excluding carboxylic acids is 3. The number of benzene rings is 3. The van der Waals surface area contributed by atoms with Crippen molar-refractivity contribution in [1.29, 1.82) is 0 Å². The third-order valence-corrected chi connectivity index (χ3v) is 14.7. The molecule has 0 aliphatic carbocycles. The van der Waals surface area contributed by atoms with E-state index >= 15 is 0 Å². The van der Waals surface area contributed by atoms with Crippen molar-refractivity contribution in [2.45, 2.75) is 71.8 Å². The first-order valence-corrected chi connectivity index (χ1v) is 18.9. The van der Waals surface area contributed by atoms with Gasteiger partial charge in [0, 0.05) is 30.2 Å². The van der Waals surface area contributed by atoms with E-state index in [1.54, 1.807) is 29.2 Å². The largest absolute Gasteiger partial charge is 0.456 e. The van der Waals surface area contributed by atoms with Gasteiger partial charge in [0.15, 0.2) is 14.1 Å². The molecule has 1 fully saturated rings. The minimum Gasteiger partial charge on any atom is -0.456 e. The fourth-order valence-corrected chi connectivity index (χ4v) is 9.61. The van der Waals surface area contributed by atoms with Crippen LogP contribution in [0.1, 0.15) is 62.5 Å². The lowest BCUT2D eigenvalue weighted by molar-refractivity contribution is -0.384. The van der Waals surface area contributed by atoms with Gasteiger partial charge in [-0.2, -0.15) is 0 Å². The summed E-state index contributed by atoms with van der Waals surface area (Å²) in [5, 5.41) is 11.0. The molecular formula is C37H42N2O7Si. The van der Waals surface area contributed by atoms with Crippen molar-refractivity contribution in [2.75, 3.05) is 6.61 Å². The lowest BCUT2D eigenvalue weighted by Gasteiger charge is -2.45. The number of non-ortho nitro benzene ring substituents is 1. The number of Topliss-reactive ketones (excluding diaryl/α,β-unsaturated/α-hetero) is 1. The van der Waals surface area contributed by atoms with Crippen LogP contribution >= 0.6 is 0 Å². The van der Waals surface area contributed by atoms with Gasteiger partial charge in [0.2, 0.25) is 5.91 Å². The molecule has 2 aliphatic heterocycles. The number of fused-ring (bicyclic) bond motifs is 1. The molecule has 2 aliphatic rings. The molecule has 1 saturated heterocycles. The zero-order valence-electron chi connectivity index (χ0n) is 27.7. The lowest BCUT2D eigenvalue weighted by atomic mass is 9.78. The molecule has 2 heterocycles. The summed E-state index contributed by atoms with van der Waals surface area (Å²) in [7, 11) is -1.80. The Morgan fingerprint density at radius 2 is 1.43 bits per heavy atom. The molecule has 10 heteroatoms. The van der Waals surface area contributed by atoms with Gasteiger partial charge in [-0.25, -0.2) is 4.79 Å². The number of amides is 1. The zero-order chi connectivity index (χ0) is 33.9. The fourth-order valence-electron chi connectivity index (χ4n) is 6.95. The summed E-state index contributed by atoms with van der Waals surface area (Å²) >= 11 is 0.